The highest BCUT2D eigenvalue weighted by atomic mass is 16.2. The standard InChI is InChI=1S/C16H30N2O/c1-2-3-4-5-6-7-16(19)18-11-13-8-9-15(17)10-14(13)12-18/h13-15H,2-12,17H2,1H3/t13-,14+,15?/m1/s1. The van der Waals surface area contributed by atoms with Gasteiger partial charge in [0.2, 0.25) is 5.91 Å². The van der Waals surface area contributed by atoms with Crippen LogP contribution < -0.4 is 5.73 Å². The number of carbonyl (C=O) groups excluding carboxylic acids is 1. The number of unbranched alkanes of at least 4 members (excludes halogenated alkanes) is 4. The summed E-state index contributed by atoms with van der Waals surface area (Å²) < 4.78 is 0. The van der Waals surface area contributed by atoms with Crippen molar-refractivity contribution in [3.8, 4) is 0 Å². The Morgan fingerprint density at radius 2 is 1.84 bits per heavy atom. The highest BCUT2D eigenvalue weighted by Crippen LogP contribution is 2.35. The fraction of sp³-hybridized carbons (Fsp3) is 0.938. The summed E-state index contributed by atoms with van der Waals surface area (Å²) in [6.07, 6.45) is 10.4. The van der Waals surface area contributed by atoms with Crippen LogP contribution in [-0.2, 0) is 4.79 Å². The largest absolute Gasteiger partial charge is 0.342 e. The van der Waals surface area contributed by atoms with Gasteiger partial charge in [-0.25, -0.2) is 0 Å². The quantitative estimate of drug-likeness (QED) is 0.751. The Hall–Kier alpha value is -0.570. The number of rotatable bonds is 6. The maximum absolute atomic E-state index is 12.2. The van der Waals surface area contributed by atoms with Crippen molar-refractivity contribution >= 4 is 5.91 Å². The van der Waals surface area contributed by atoms with Crippen LogP contribution in [0.5, 0.6) is 0 Å². The van der Waals surface area contributed by atoms with Crippen molar-refractivity contribution in [2.75, 3.05) is 13.1 Å². The Bertz CT molecular complexity index is 292. The van der Waals surface area contributed by atoms with E-state index in [-0.39, 0.29) is 0 Å². The van der Waals surface area contributed by atoms with Gasteiger partial charge in [0.15, 0.2) is 0 Å². The molecule has 1 heterocycles. The highest BCUT2D eigenvalue weighted by molar-refractivity contribution is 5.76. The number of likely N-dealkylation sites (tertiary alicyclic amines) is 1. The molecule has 0 aromatic heterocycles. The van der Waals surface area contributed by atoms with E-state index in [9.17, 15) is 4.79 Å². The van der Waals surface area contributed by atoms with Crippen LogP contribution in [-0.4, -0.2) is 29.9 Å². The van der Waals surface area contributed by atoms with Crippen LogP contribution in [0.1, 0.15) is 64.7 Å². The van der Waals surface area contributed by atoms with E-state index in [1.54, 1.807) is 0 Å². The second-order valence-electron chi connectivity index (χ2n) is 6.56. The van der Waals surface area contributed by atoms with Crippen molar-refractivity contribution < 1.29 is 4.79 Å². The topological polar surface area (TPSA) is 46.3 Å². The Balaban J connectivity index is 1.67. The van der Waals surface area contributed by atoms with E-state index in [0.29, 0.717) is 17.9 Å². The molecule has 110 valence electrons. The molecule has 1 saturated heterocycles. The van der Waals surface area contributed by atoms with Crippen LogP contribution in [0.3, 0.4) is 0 Å². The number of hydrogen-bond acceptors (Lipinski definition) is 2. The third-order valence-corrected chi connectivity index (χ3v) is 4.94. The average Bonchev–Trinajstić information content (AvgIpc) is 2.81. The summed E-state index contributed by atoms with van der Waals surface area (Å²) in [6, 6.07) is 0.380. The van der Waals surface area contributed by atoms with E-state index >= 15 is 0 Å². The van der Waals surface area contributed by atoms with Crippen LogP contribution in [0.2, 0.25) is 0 Å². The minimum atomic E-state index is 0.380. The minimum Gasteiger partial charge on any atom is -0.342 e. The zero-order chi connectivity index (χ0) is 13.7. The number of carbonyl (C=O) groups is 1. The minimum absolute atomic E-state index is 0.380. The molecule has 1 amide bonds. The highest BCUT2D eigenvalue weighted by Gasteiger charge is 2.38. The van der Waals surface area contributed by atoms with Gasteiger partial charge in [0.1, 0.15) is 0 Å². The smallest absolute Gasteiger partial charge is 0.222 e. The van der Waals surface area contributed by atoms with Crippen LogP contribution in [0, 0.1) is 11.8 Å². The molecule has 3 atom stereocenters. The Morgan fingerprint density at radius 3 is 2.63 bits per heavy atom. The second-order valence-corrected chi connectivity index (χ2v) is 6.56. The van der Waals surface area contributed by atoms with E-state index < -0.39 is 0 Å². The van der Waals surface area contributed by atoms with Gasteiger partial charge in [-0.2, -0.15) is 0 Å². The Labute approximate surface area is 117 Å². The van der Waals surface area contributed by atoms with Crippen LogP contribution in [0.4, 0.5) is 0 Å². The molecule has 2 fully saturated rings. The van der Waals surface area contributed by atoms with Crippen LogP contribution in [0.25, 0.3) is 0 Å². The van der Waals surface area contributed by atoms with Gasteiger partial charge in [-0.15, -0.1) is 0 Å². The third-order valence-electron chi connectivity index (χ3n) is 4.94. The first kappa shape index (κ1) is 14.8. The van der Waals surface area contributed by atoms with Crippen molar-refractivity contribution in [3.63, 3.8) is 0 Å². The van der Waals surface area contributed by atoms with Gasteiger partial charge < -0.3 is 10.6 Å². The molecule has 3 nitrogen and oxygen atoms in total. The van der Waals surface area contributed by atoms with Crippen molar-refractivity contribution in [3.05, 3.63) is 0 Å². The number of amides is 1. The summed E-state index contributed by atoms with van der Waals surface area (Å²) in [6.45, 7) is 4.21. The summed E-state index contributed by atoms with van der Waals surface area (Å²) in [5.74, 6) is 1.82. The molecule has 3 heteroatoms. The van der Waals surface area contributed by atoms with E-state index in [0.717, 1.165) is 44.7 Å². The molecular weight excluding hydrogens is 236 g/mol. The second kappa shape index (κ2) is 7.28. The Kier molecular flexibility index (Phi) is 5.68. The predicted octanol–water partition coefficient (Wildman–Crippen LogP) is 2.93. The average molecular weight is 266 g/mol. The lowest BCUT2D eigenvalue weighted by molar-refractivity contribution is -0.130. The van der Waals surface area contributed by atoms with Crippen molar-refractivity contribution in [1.29, 1.82) is 0 Å². The molecule has 1 aliphatic heterocycles. The van der Waals surface area contributed by atoms with Crippen molar-refractivity contribution in [1.82, 2.24) is 4.90 Å². The summed E-state index contributed by atoms with van der Waals surface area (Å²) in [5.41, 5.74) is 6.04. The van der Waals surface area contributed by atoms with E-state index in [2.05, 4.69) is 11.8 Å². The van der Waals surface area contributed by atoms with Gasteiger partial charge in [-0.3, -0.25) is 4.79 Å². The molecule has 2 N–H and O–H groups in total. The van der Waals surface area contributed by atoms with E-state index in [4.69, 9.17) is 5.73 Å². The van der Waals surface area contributed by atoms with Crippen molar-refractivity contribution in [2.24, 2.45) is 17.6 Å². The molecule has 0 bridgehead atoms. The van der Waals surface area contributed by atoms with Gasteiger partial charge in [-0.05, 0) is 37.5 Å². The molecule has 19 heavy (non-hydrogen) atoms. The van der Waals surface area contributed by atoms with Gasteiger partial charge in [0.05, 0.1) is 0 Å². The van der Waals surface area contributed by atoms with Crippen molar-refractivity contribution in [2.45, 2.75) is 70.8 Å². The predicted molar refractivity (Wildman–Crippen MR) is 78.8 cm³/mol. The molecule has 1 aliphatic carbocycles. The van der Waals surface area contributed by atoms with Gasteiger partial charge in [0.25, 0.3) is 0 Å². The third kappa shape index (κ3) is 4.20. The molecular formula is C16H30N2O. The number of nitrogens with two attached hydrogens (primary N) is 1. The number of nitrogens with zero attached hydrogens (tertiary/aromatic N) is 1. The number of hydrogen-bond donors (Lipinski definition) is 1. The molecule has 1 saturated carbocycles. The van der Waals surface area contributed by atoms with Gasteiger partial charge in [0, 0.05) is 25.6 Å². The first-order chi connectivity index (χ1) is 9.20. The fourth-order valence-electron chi connectivity index (χ4n) is 3.71. The molecule has 0 radical (unpaired) electrons. The van der Waals surface area contributed by atoms with E-state index in [1.165, 1.54) is 32.1 Å². The zero-order valence-corrected chi connectivity index (χ0v) is 12.4. The number of fused-ring (bicyclic) bond motifs is 1. The van der Waals surface area contributed by atoms with Crippen LogP contribution in [0.15, 0.2) is 0 Å². The van der Waals surface area contributed by atoms with E-state index in [1.807, 2.05) is 0 Å². The Morgan fingerprint density at radius 1 is 1.11 bits per heavy atom. The monoisotopic (exact) mass is 266 g/mol. The lowest BCUT2D eigenvalue weighted by atomic mass is 9.79. The maximum Gasteiger partial charge on any atom is 0.222 e. The zero-order valence-electron chi connectivity index (χ0n) is 12.4. The maximum atomic E-state index is 12.2. The summed E-state index contributed by atoms with van der Waals surface area (Å²) >= 11 is 0. The molecule has 2 aliphatic rings. The first-order valence-electron chi connectivity index (χ1n) is 8.24. The summed E-state index contributed by atoms with van der Waals surface area (Å²) in [5, 5.41) is 0. The lowest BCUT2D eigenvalue weighted by Gasteiger charge is -2.27. The molecule has 0 aromatic carbocycles. The van der Waals surface area contributed by atoms with Crippen LogP contribution >= 0.6 is 0 Å². The molecule has 2 rings (SSSR count). The lowest BCUT2D eigenvalue weighted by Crippen LogP contribution is -2.32. The molecule has 0 aromatic rings. The summed E-state index contributed by atoms with van der Waals surface area (Å²) in [7, 11) is 0. The molecule has 1 unspecified atom stereocenters. The van der Waals surface area contributed by atoms with Gasteiger partial charge in [-0.1, -0.05) is 32.6 Å². The fourth-order valence-corrected chi connectivity index (χ4v) is 3.71. The normalized spacial score (nSPS) is 30.4. The molecule has 0 spiro atoms. The van der Waals surface area contributed by atoms with Gasteiger partial charge >= 0.3 is 0 Å². The first-order valence-corrected chi connectivity index (χ1v) is 8.24. The SMILES string of the molecule is CCCCCCCC(=O)N1C[C@H]2CCC(N)C[C@H]2C1. The summed E-state index contributed by atoms with van der Waals surface area (Å²) in [4.78, 5) is 14.3.